The number of carbonyl (C=O) groups excluding carboxylic acids is 2. The topological polar surface area (TPSA) is 73.4 Å². The van der Waals surface area contributed by atoms with Crippen LogP contribution in [-0.4, -0.2) is 28.3 Å². The molecule has 0 aliphatic carbocycles. The van der Waals surface area contributed by atoms with E-state index in [0.29, 0.717) is 25.1 Å². The number of hydrogen-bond acceptors (Lipinski definition) is 3. The molecule has 1 aliphatic heterocycles. The number of Topliss-reactive ketones (excluding diaryl/α,β-unsaturated/α-hetero) is 1. The van der Waals surface area contributed by atoms with Gasteiger partial charge in [0, 0.05) is 34.8 Å². The third kappa shape index (κ3) is 4.18. The number of alkyl halides is 3. The number of H-pyrrole nitrogens is 1. The van der Waals surface area contributed by atoms with Gasteiger partial charge in [-0.2, -0.15) is 13.2 Å². The van der Waals surface area contributed by atoms with Gasteiger partial charge in [0.25, 0.3) is 5.91 Å². The quantitative estimate of drug-likeness (QED) is 0.329. The number of nitrogens with one attached hydrogen (secondary N) is 1. The maximum atomic E-state index is 13.4. The van der Waals surface area contributed by atoms with Gasteiger partial charge in [-0.1, -0.05) is 48.5 Å². The number of rotatable bonds is 7. The van der Waals surface area contributed by atoms with Crippen LogP contribution in [0.5, 0.6) is 0 Å². The van der Waals surface area contributed by atoms with Crippen molar-refractivity contribution in [1.29, 1.82) is 0 Å². The maximum absolute atomic E-state index is 13.4. The average Bonchev–Trinajstić information content (AvgIpc) is 3.37. The SMILES string of the molecule is O=C(C[C@]1(O)C(=O)N(CCCc2c[nH]c3ccccc23)c2ccccc21)c1cccc(C(F)(F)F)c1. The Morgan fingerprint density at radius 2 is 1.75 bits per heavy atom. The number of anilines is 1. The van der Waals surface area contributed by atoms with Crippen molar-refractivity contribution in [2.75, 3.05) is 11.4 Å². The van der Waals surface area contributed by atoms with E-state index in [1.54, 1.807) is 24.3 Å². The summed E-state index contributed by atoms with van der Waals surface area (Å²) in [6.45, 7) is 0.315. The number of nitrogens with zero attached hydrogens (tertiary/aromatic N) is 1. The lowest BCUT2D eigenvalue weighted by Crippen LogP contribution is -2.42. The smallest absolute Gasteiger partial charge is 0.375 e. The van der Waals surface area contributed by atoms with E-state index >= 15 is 0 Å². The Morgan fingerprint density at radius 3 is 2.56 bits per heavy atom. The second-order valence-corrected chi connectivity index (χ2v) is 8.98. The van der Waals surface area contributed by atoms with Crippen LogP contribution in [0.25, 0.3) is 10.9 Å². The summed E-state index contributed by atoms with van der Waals surface area (Å²) in [7, 11) is 0. The molecule has 1 aliphatic rings. The molecule has 1 amide bonds. The van der Waals surface area contributed by atoms with Gasteiger partial charge < -0.3 is 15.0 Å². The van der Waals surface area contributed by atoms with Crippen molar-refractivity contribution < 1.29 is 27.9 Å². The molecule has 0 unspecified atom stereocenters. The highest BCUT2D eigenvalue weighted by molar-refractivity contribution is 6.10. The van der Waals surface area contributed by atoms with Crippen molar-refractivity contribution in [2.24, 2.45) is 0 Å². The molecule has 1 aromatic heterocycles. The second kappa shape index (κ2) is 8.95. The third-order valence-electron chi connectivity index (χ3n) is 6.67. The highest BCUT2D eigenvalue weighted by Gasteiger charge is 2.50. The zero-order valence-electron chi connectivity index (χ0n) is 19.2. The zero-order valence-corrected chi connectivity index (χ0v) is 19.2. The fourth-order valence-corrected chi connectivity index (χ4v) is 4.87. The third-order valence-corrected chi connectivity index (χ3v) is 6.67. The Labute approximate surface area is 205 Å². The molecule has 8 heteroatoms. The molecule has 184 valence electrons. The fourth-order valence-electron chi connectivity index (χ4n) is 4.87. The summed E-state index contributed by atoms with van der Waals surface area (Å²) >= 11 is 0. The average molecular weight is 492 g/mol. The lowest BCUT2D eigenvalue weighted by molar-refractivity contribution is -0.137. The number of amides is 1. The summed E-state index contributed by atoms with van der Waals surface area (Å²) < 4.78 is 39.3. The first-order chi connectivity index (χ1) is 17.2. The van der Waals surface area contributed by atoms with Gasteiger partial charge in [-0.25, -0.2) is 0 Å². The predicted molar refractivity (Wildman–Crippen MR) is 130 cm³/mol. The van der Waals surface area contributed by atoms with Gasteiger partial charge in [0.2, 0.25) is 0 Å². The van der Waals surface area contributed by atoms with Crippen molar-refractivity contribution in [3.63, 3.8) is 0 Å². The van der Waals surface area contributed by atoms with Crippen LogP contribution in [0.2, 0.25) is 0 Å². The maximum Gasteiger partial charge on any atom is 0.416 e. The number of carbonyl (C=O) groups is 2. The van der Waals surface area contributed by atoms with Crippen LogP contribution in [0.15, 0.2) is 79.0 Å². The van der Waals surface area contributed by atoms with Crippen molar-refractivity contribution >= 4 is 28.3 Å². The van der Waals surface area contributed by atoms with Crippen molar-refractivity contribution in [1.82, 2.24) is 4.98 Å². The van der Waals surface area contributed by atoms with Gasteiger partial charge in [-0.15, -0.1) is 0 Å². The number of ketones is 1. The van der Waals surface area contributed by atoms with E-state index in [4.69, 9.17) is 0 Å². The summed E-state index contributed by atoms with van der Waals surface area (Å²) in [6.07, 6.45) is -2.01. The van der Waals surface area contributed by atoms with Crippen LogP contribution in [-0.2, 0) is 23.0 Å². The number of para-hydroxylation sites is 2. The molecule has 5 nitrogen and oxygen atoms in total. The molecule has 0 saturated heterocycles. The number of hydrogen-bond donors (Lipinski definition) is 2. The zero-order chi connectivity index (χ0) is 25.5. The molecule has 1 atom stereocenters. The first kappa shape index (κ1) is 23.8. The number of aryl methyl sites for hydroxylation is 1. The van der Waals surface area contributed by atoms with Crippen LogP contribution >= 0.6 is 0 Å². The van der Waals surface area contributed by atoms with Gasteiger partial charge >= 0.3 is 6.18 Å². The van der Waals surface area contributed by atoms with Gasteiger partial charge in [-0.3, -0.25) is 9.59 Å². The molecule has 0 fully saturated rings. The fraction of sp³-hybridized carbons (Fsp3) is 0.214. The molecule has 36 heavy (non-hydrogen) atoms. The number of aliphatic hydroxyl groups is 1. The minimum atomic E-state index is -4.61. The Kier molecular flexibility index (Phi) is 5.92. The van der Waals surface area contributed by atoms with Crippen molar-refractivity contribution in [3.05, 3.63) is 101 Å². The molecular weight excluding hydrogens is 469 g/mol. The van der Waals surface area contributed by atoms with E-state index in [0.717, 1.165) is 34.7 Å². The Bertz CT molecular complexity index is 1460. The summed E-state index contributed by atoms with van der Waals surface area (Å²) in [6, 6.07) is 18.6. The lowest BCUT2D eigenvalue weighted by Gasteiger charge is -2.23. The summed E-state index contributed by atoms with van der Waals surface area (Å²) in [5, 5.41) is 12.5. The number of fused-ring (bicyclic) bond motifs is 2. The normalized spacial score (nSPS) is 17.6. The van der Waals surface area contributed by atoms with Crippen LogP contribution in [0.1, 0.15) is 39.9 Å². The minimum Gasteiger partial charge on any atom is -0.375 e. The number of aromatic nitrogens is 1. The van der Waals surface area contributed by atoms with Crippen molar-refractivity contribution in [3.8, 4) is 0 Å². The Hall–Kier alpha value is -3.91. The summed E-state index contributed by atoms with van der Waals surface area (Å²) in [4.78, 5) is 31.0. The van der Waals surface area contributed by atoms with Gasteiger partial charge in [0.1, 0.15) is 0 Å². The molecule has 0 saturated carbocycles. The highest BCUT2D eigenvalue weighted by atomic mass is 19.4. The second-order valence-electron chi connectivity index (χ2n) is 8.98. The lowest BCUT2D eigenvalue weighted by atomic mass is 9.88. The predicted octanol–water partition coefficient (Wildman–Crippen LogP) is 5.63. The van der Waals surface area contributed by atoms with Gasteiger partial charge in [0.15, 0.2) is 11.4 Å². The monoisotopic (exact) mass is 492 g/mol. The first-order valence-electron chi connectivity index (χ1n) is 11.6. The molecule has 5 rings (SSSR count). The molecule has 0 radical (unpaired) electrons. The van der Waals surface area contributed by atoms with E-state index in [1.807, 2.05) is 30.5 Å². The minimum absolute atomic E-state index is 0.207. The molecule has 0 spiro atoms. The summed E-state index contributed by atoms with van der Waals surface area (Å²) in [5.74, 6) is -1.39. The molecule has 2 heterocycles. The highest BCUT2D eigenvalue weighted by Crippen LogP contribution is 2.43. The largest absolute Gasteiger partial charge is 0.416 e. The van der Waals surface area contributed by atoms with Crippen LogP contribution in [0.4, 0.5) is 18.9 Å². The molecule has 2 N–H and O–H groups in total. The van der Waals surface area contributed by atoms with E-state index in [1.165, 1.54) is 11.0 Å². The standard InChI is InChI=1S/C28H23F3N2O3/c29-28(30,31)20-9-5-7-18(15-20)25(34)16-27(36)22-11-2-4-13-24(22)33(26(27)35)14-6-8-19-17-32-23-12-3-1-10-21(19)23/h1-5,7,9-13,15,17,32,36H,6,8,14,16H2/t27-/m1/s1. The first-order valence-corrected chi connectivity index (χ1v) is 11.6. The number of halogens is 3. The van der Waals surface area contributed by atoms with E-state index < -0.39 is 35.5 Å². The summed E-state index contributed by atoms with van der Waals surface area (Å²) in [5.41, 5.74) is -0.400. The number of benzene rings is 3. The Morgan fingerprint density at radius 1 is 1.00 bits per heavy atom. The molecular formula is C28H23F3N2O3. The van der Waals surface area contributed by atoms with Crippen LogP contribution < -0.4 is 4.90 Å². The van der Waals surface area contributed by atoms with Gasteiger partial charge in [0.05, 0.1) is 17.7 Å². The Balaban J connectivity index is 1.36. The van der Waals surface area contributed by atoms with Crippen LogP contribution in [0.3, 0.4) is 0 Å². The van der Waals surface area contributed by atoms with Crippen LogP contribution in [0, 0.1) is 0 Å². The van der Waals surface area contributed by atoms with E-state index in [2.05, 4.69) is 4.98 Å². The van der Waals surface area contributed by atoms with Crippen molar-refractivity contribution in [2.45, 2.75) is 31.0 Å². The molecule has 3 aromatic carbocycles. The van der Waals surface area contributed by atoms with Gasteiger partial charge in [-0.05, 0) is 42.7 Å². The number of aromatic amines is 1. The van der Waals surface area contributed by atoms with E-state index in [9.17, 15) is 27.9 Å². The molecule has 4 aromatic rings. The van der Waals surface area contributed by atoms with E-state index in [-0.39, 0.29) is 11.1 Å². The molecule has 0 bridgehead atoms.